The number of hydrogen-bond acceptors (Lipinski definition) is 3. The molecule has 0 aromatic heterocycles. The summed E-state index contributed by atoms with van der Waals surface area (Å²) in [5.41, 5.74) is 0.104. The third-order valence-electron chi connectivity index (χ3n) is 1.35. The number of nitrogens with zero attached hydrogens (tertiary/aromatic N) is 1. The second-order valence-electron chi connectivity index (χ2n) is 3.62. The van der Waals surface area contributed by atoms with Crippen LogP contribution in [-0.2, 0) is 4.79 Å². The van der Waals surface area contributed by atoms with Crippen LogP contribution in [0.15, 0.2) is 11.8 Å². The monoisotopic (exact) mass is 195 g/mol. The first-order valence-electron chi connectivity index (χ1n) is 4.64. The lowest BCUT2D eigenvalue weighted by Crippen LogP contribution is -2.32. The van der Waals surface area contributed by atoms with Crippen molar-refractivity contribution in [1.29, 1.82) is 5.26 Å². The van der Waals surface area contributed by atoms with E-state index in [4.69, 9.17) is 5.26 Å². The van der Waals surface area contributed by atoms with E-state index in [9.17, 15) is 4.79 Å². The van der Waals surface area contributed by atoms with Gasteiger partial charge in [-0.15, -0.1) is 0 Å². The van der Waals surface area contributed by atoms with Gasteiger partial charge in [0.15, 0.2) is 0 Å². The lowest BCUT2D eigenvalue weighted by Gasteiger charge is -2.08. The van der Waals surface area contributed by atoms with E-state index in [1.165, 1.54) is 6.20 Å². The highest BCUT2D eigenvalue weighted by atomic mass is 16.1. The molecule has 0 aliphatic heterocycles. The van der Waals surface area contributed by atoms with Crippen LogP contribution in [0.1, 0.15) is 27.7 Å². The zero-order chi connectivity index (χ0) is 11.1. The fraction of sp³-hybridized carbons (Fsp3) is 0.600. The molecular weight excluding hydrogens is 178 g/mol. The molecular formula is C10H17N3O. The first kappa shape index (κ1) is 12.5. The molecule has 0 spiro atoms. The van der Waals surface area contributed by atoms with Gasteiger partial charge in [-0.05, 0) is 27.7 Å². The summed E-state index contributed by atoms with van der Waals surface area (Å²) >= 11 is 0. The van der Waals surface area contributed by atoms with Crippen LogP contribution < -0.4 is 10.6 Å². The number of carbonyl (C=O) groups is 1. The van der Waals surface area contributed by atoms with Crippen LogP contribution in [0.5, 0.6) is 0 Å². The van der Waals surface area contributed by atoms with Crippen molar-refractivity contribution in [3.05, 3.63) is 11.8 Å². The Hall–Kier alpha value is -1.50. The van der Waals surface area contributed by atoms with Gasteiger partial charge < -0.3 is 10.6 Å². The number of hydrogen-bond donors (Lipinski definition) is 2. The van der Waals surface area contributed by atoms with Gasteiger partial charge in [-0.2, -0.15) is 5.26 Å². The van der Waals surface area contributed by atoms with Gasteiger partial charge in [-0.1, -0.05) is 0 Å². The highest BCUT2D eigenvalue weighted by molar-refractivity contribution is 5.97. The van der Waals surface area contributed by atoms with E-state index < -0.39 is 0 Å². The molecule has 0 fully saturated rings. The molecule has 0 rings (SSSR count). The van der Waals surface area contributed by atoms with Gasteiger partial charge in [0.25, 0.3) is 5.91 Å². The van der Waals surface area contributed by atoms with Crippen LogP contribution in [-0.4, -0.2) is 18.0 Å². The van der Waals surface area contributed by atoms with Crippen LogP contribution in [0.3, 0.4) is 0 Å². The quantitative estimate of drug-likeness (QED) is 0.518. The van der Waals surface area contributed by atoms with Crippen molar-refractivity contribution in [2.24, 2.45) is 0 Å². The molecule has 0 saturated heterocycles. The Morgan fingerprint density at radius 3 is 2.21 bits per heavy atom. The minimum absolute atomic E-state index is 0.0401. The second kappa shape index (κ2) is 6.03. The smallest absolute Gasteiger partial charge is 0.263 e. The highest BCUT2D eigenvalue weighted by Gasteiger charge is 2.09. The van der Waals surface area contributed by atoms with E-state index in [2.05, 4.69) is 10.6 Å². The fourth-order valence-corrected chi connectivity index (χ4v) is 0.739. The topological polar surface area (TPSA) is 64.9 Å². The van der Waals surface area contributed by atoms with Crippen LogP contribution in [0, 0.1) is 11.3 Å². The molecule has 0 saturated carbocycles. The Balaban J connectivity index is 4.35. The normalized spacial score (nSPS) is 11.4. The summed E-state index contributed by atoms with van der Waals surface area (Å²) in [6.45, 7) is 7.57. The summed E-state index contributed by atoms with van der Waals surface area (Å²) in [4.78, 5) is 11.4. The molecule has 0 unspecified atom stereocenters. The molecule has 0 aromatic rings. The van der Waals surface area contributed by atoms with Gasteiger partial charge in [-0.25, -0.2) is 0 Å². The number of nitrogens with one attached hydrogen (secondary N) is 2. The van der Waals surface area contributed by atoms with E-state index in [-0.39, 0.29) is 23.6 Å². The van der Waals surface area contributed by atoms with E-state index in [0.717, 1.165) is 0 Å². The summed E-state index contributed by atoms with van der Waals surface area (Å²) in [5, 5.41) is 14.3. The molecule has 0 aromatic carbocycles. The Morgan fingerprint density at radius 2 is 1.86 bits per heavy atom. The molecule has 0 heterocycles. The van der Waals surface area contributed by atoms with E-state index in [1.54, 1.807) is 0 Å². The minimum atomic E-state index is -0.337. The Morgan fingerprint density at radius 1 is 1.29 bits per heavy atom. The number of carbonyl (C=O) groups excluding carboxylic acids is 1. The van der Waals surface area contributed by atoms with Gasteiger partial charge in [0.05, 0.1) is 0 Å². The lowest BCUT2D eigenvalue weighted by molar-refractivity contribution is -0.117. The molecule has 0 aliphatic carbocycles. The van der Waals surface area contributed by atoms with Crippen molar-refractivity contribution in [1.82, 2.24) is 10.6 Å². The number of amides is 1. The van der Waals surface area contributed by atoms with Crippen molar-refractivity contribution in [2.75, 3.05) is 0 Å². The van der Waals surface area contributed by atoms with Crippen molar-refractivity contribution in [3.63, 3.8) is 0 Å². The predicted molar refractivity (Wildman–Crippen MR) is 55.2 cm³/mol. The van der Waals surface area contributed by atoms with Crippen molar-refractivity contribution in [3.8, 4) is 6.07 Å². The van der Waals surface area contributed by atoms with Gasteiger partial charge in [0.1, 0.15) is 11.6 Å². The third kappa shape index (κ3) is 5.20. The maximum atomic E-state index is 11.4. The maximum Gasteiger partial charge on any atom is 0.263 e. The number of rotatable bonds is 4. The third-order valence-corrected chi connectivity index (χ3v) is 1.35. The predicted octanol–water partition coefficient (Wildman–Crippen LogP) is 0.916. The lowest BCUT2D eigenvalue weighted by atomic mass is 10.2. The number of nitriles is 1. The SMILES string of the molecule is CC(C)N/C=C(/C#N)C(=O)NC(C)C. The summed E-state index contributed by atoms with van der Waals surface area (Å²) in [6, 6.07) is 2.10. The average Bonchev–Trinajstić information content (AvgIpc) is 2.03. The fourth-order valence-electron chi connectivity index (χ4n) is 0.739. The van der Waals surface area contributed by atoms with Crippen molar-refractivity contribution in [2.45, 2.75) is 39.8 Å². The van der Waals surface area contributed by atoms with E-state index in [1.807, 2.05) is 33.8 Å². The molecule has 0 bridgehead atoms. The minimum Gasteiger partial charge on any atom is -0.387 e. The van der Waals surface area contributed by atoms with Gasteiger partial charge in [0, 0.05) is 18.3 Å². The molecule has 2 N–H and O–H groups in total. The Labute approximate surface area is 85.0 Å². The molecule has 14 heavy (non-hydrogen) atoms. The van der Waals surface area contributed by atoms with Gasteiger partial charge in [0.2, 0.25) is 0 Å². The largest absolute Gasteiger partial charge is 0.387 e. The van der Waals surface area contributed by atoms with Crippen LogP contribution in [0.25, 0.3) is 0 Å². The molecule has 0 atom stereocenters. The molecule has 4 heteroatoms. The summed E-state index contributed by atoms with van der Waals surface area (Å²) < 4.78 is 0. The molecule has 1 amide bonds. The van der Waals surface area contributed by atoms with E-state index in [0.29, 0.717) is 0 Å². The second-order valence-corrected chi connectivity index (χ2v) is 3.62. The van der Waals surface area contributed by atoms with Crippen LogP contribution in [0.2, 0.25) is 0 Å². The zero-order valence-corrected chi connectivity index (χ0v) is 9.09. The summed E-state index contributed by atoms with van der Waals surface area (Å²) in [5.74, 6) is -0.337. The summed E-state index contributed by atoms with van der Waals surface area (Å²) in [6.07, 6.45) is 1.45. The maximum absolute atomic E-state index is 11.4. The first-order valence-corrected chi connectivity index (χ1v) is 4.64. The Kier molecular flexibility index (Phi) is 5.38. The first-order chi connectivity index (χ1) is 6.47. The molecule has 0 aliphatic rings. The standard InChI is InChI=1S/C10H17N3O/c1-7(2)12-6-9(5-11)10(14)13-8(3)4/h6-8,12H,1-4H3,(H,13,14)/b9-6-. The molecule has 4 nitrogen and oxygen atoms in total. The van der Waals surface area contributed by atoms with E-state index >= 15 is 0 Å². The summed E-state index contributed by atoms with van der Waals surface area (Å²) in [7, 11) is 0. The Bertz CT molecular complexity index is 261. The average molecular weight is 195 g/mol. The zero-order valence-electron chi connectivity index (χ0n) is 9.09. The highest BCUT2D eigenvalue weighted by Crippen LogP contribution is 1.92. The van der Waals surface area contributed by atoms with Crippen LogP contribution >= 0.6 is 0 Å². The van der Waals surface area contributed by atoms with Gasteiger partial charge in [-0.3, -0.25) is 4.79 Å². The molecule has 78 valence electrons. The van der Waals surface area contributed by atoms with Crippen molar-refractivity contribution >= 4 is 5.91 Å². The molecule has 0 radical (unpaired) electrons. The van der Waals surface area contributed by atoms with Gasteiger partial charge >= 0.3 is 0 Å². The van der Waals surface area contributed by atoms with Crippen LogP contribution in [0.4, 0.5) is 0 Å². The van der Waals surface area contributed by atoms with Crippen molar-refractivity contribution < 1.29 is 4.79 Å².